The molecule has 5 nitrogen and oxygen atoms in total. The number of aryl methyl sites for hydroxylation is 2. The van der Waals surface area contributed by atoms with Crippen LogP contribution in [0.25, 0.3) is 11.5 Å². The summed E-state index contributed by atoms with van der Waals surface area (Å²) in [5, 5.41) is 12.3. The molecule has 0 saturated heterocycles. The molecule has 0 saturated carbocycles. The maximum Gasteiger partial charge on any atom is 0.226 e. The van der Waals surface area contributed by atoms with Gasteiger partial charge in [0.15, 0.2) is 0 Å². The van der Waals surface area contributed by atoms with Gasteiger partial charge in [-0.05, 0) is 39.3 Å². The van der Waals surface area contributed by atoms with Crippen LogP contribution in [0.15, 0.2) is 28.7 Å². The monoisotopic (exact) mass is 302 g/mol. The van der Waals surface area contributed by atoms with Crippen molar-refractivity contribution in [2.24, 2.45) is 0 Å². The maximum atomic E-state index is 11.9. The van der Waals surface area contributed by atoms with Crippen molar-refractivity contribution in [1.29, 1.82) is 0 Å². The number of benzene rings is 1. The molecule has 2 N–H and O–H groups in total. The zero-order chi connectivity index (χ0) is 16.3. The molecule has 1 amide bonds. The molecule has 0 aliphatic heterocycles. The molecule has 1 heterocycles. The number of amides is 1. The summed E-state index contributed by atoms with van der Waals surface area (Å²) in [4.78, 5) is 16.4. The van der Waals surface area contributed by atoms with E-state index in [0.29, 0.717) is 17.3 Å². The molecule has 2 aromatic rings. The summed E-state index contributed by atoms with van der Waals surface area (Å²) in [6.45, 7) is 7.28. The molecule has 118 valence electrons. The number of carbonyl (C=O) groups is 1. The molecule has 0 atom stereocenters. The molecular weight excluding hydrogens is 280 g/mol. The Hall–Kier alpha value is -2.14. The van der Waals surface area contributed by atoms with Gasteiger partial charge in [-0.25, -0.2) is 4.98 Å². The number of nitrogens with zero attached hydrogens (tertiary/aromatic N) is 1. The van der Waals surface area contributed by atoms with E-state index in [4.69, 9.17) is 4.42 Å². The highest BCUT2D eigenvalue weighted by Crippen LogP contribution is 2.24. The highest BCUT2D eigenvalue weighted by Gasteiger charge is 2.18. The Morgan fingerprint density at radius 1 is 1.32 bits per heavy atom. The van der Waals surface area contributed by atoms with E-state index in [1.165, 1.54) is 0 Å². The molecule has 0 spiro atoms. The number of aliphatic hydroxyl groups is 1. The second-order valence-corrected chi connectivity index (χ2v) is 6.10. The first-order valence-electron chi connectivity index (χ1n) is 7.27. The van der Waals surface area contributed by atoms with Crippen molar-refractivity contribution in [3.8, 4) is 11.5 Å². The van der Waals surface area contributed by atoms with E-state index < -0.39 is 5.60 Å². The predicted octanol–water partition coefficient (Wildman–Crippen LogP) is 2.39. The van der Waals surface area contributed by atoms with E-state index >= 15 is 0 Å². The van der Waals surface area contributed by atoms with Crippen LogP contribution in [0.2, 0.25) is 0 Å². The fraction of sp³-hybridized carbons (Fsp3) is 0.412. The third kappa shape index (κ3) is 4.18. The van der Waals surface area contributed by atoms with Crippen molar-refractivity contribution in [3.63, 3.8) is 0 Å². The van der Waals surface area contributed by atoms with Crippen molar-refractivity contribution < 1.29 is 14.3 Å². The van der Waals surface area contributed by atoms with Gasteiger partial charge in [0.1, 0.15) is 5.76 Å². The standard InChI is InChI=1S/C17H22N2O3/c1-11-7-5-6-8-13(11)16-19-14(12(2)22-16)9-15(20)18-10-17(3,4)21/h5-8,21H,9-10H2,1-4H3,(H,18,20). The lowest BCUT2D eigenvalue weighted by molar-refractivity contribution is -0.121. The Bertz CT molecular complexity index is 669. The number of hydrogen-bond donors (Lipinski definition) is 2. The molecule has 0 aliphatic rings. The lowest BCUT2D eigenvalue weighted by Crippen LogP contribution is -2.38. The van der Waals surface area contributed by atoms with E-state index in [0.717, 1.165) is 11.1 Å². The van der Waals surface area contributed by atoms with Crippen molar-refractivity contribution in [2.45, 2.75) is 39.7 Å². The molecule has 0 radical (unpaired) electrons. The smallest absolute Gasteiger partial charge is 0.226 e. The summed E-state index contributed by atoms with van der Waals surface area (Å²) < 4.78 is 5.69. The van der Waals surface area contributed by atoms with Crippen LogP contribution in [-0.2, 0) is 11.2 Å². The van der Waals surface area contributed by atoms with Crippen molar-refractivity contribution in [3.05, 3.63) is 41.3 Å². The van der Waals surface area contributed by atoms with Crippen LogP contribution in [-0.4, -0.2) is 28.1 Å². The zero-order valence-corrected chi connectivity index (χ0v) is 13.4. The third-order valence-electron chi connectivity index (χ3n) is 3.31. The fourth-order valence-corrected chi connectivity index (χ4v) is 2.05. The first-order valence-corrected chi connectivity index (χ1v) is 7.27. The quantitative estimate of drug-likeness (QED) is 0.889. The SMILES string of the molecule is Cc1ccccc1-c1nc(CC(=O)NCC(C)(C)O)c(C)o1. The Labute approximate surface area is 130 Å². The molecule has 1 aromatic heterocycles. The van der Waals surface area contributed by atoms with Crippen LogP contribution >= 0.6 is 0 Å². The normalized spacial score (nSPS) is 11.5. The Balaban J connectivity index is 2.11. The number of aromatic nitrogens is 1. The summed E-state index contributed by atoms with van der Waals surface area (Å²) in [5.74, 6) is 0.979. The maximum absolute atomic E-state index is 11.9. The van der Waals surface area contributed by atoms with Crippen LogP contribution in [0.4, 0.5) is 0 Å². The highest BCUT2D eigenvalue weighted by atomic mass is 16.4. The minimum absolute atomic E-state index is 0.136. The number of rotatable bonds is 5. The van der Waals surface area contributed by atoms with Crippen LogP contribution < -0.4 is 5.32 Å². The number of oxazole rings is 1. The topological polar surface area (TPSA) is 75.4 Å². The molecule has 1 aromatic carbocycles. The van der Waals surface area contributed by atoms with Crippen LogP contribution in [0.3, 0.4) is 0 Å². The van der Waals surface area contributed by atoms with Gasteiger partial charge in [-0.3, -0.25) is 4.79 Å². The molecule has 0 fully saturated rings. The molecule has 0 aliphatic carbocycles. The molecular formula is C17H22N2O3. The van der Waals surface area contributed by atoms with Gasteiger partial charge in [0, 0.05) is 12.1 Å². The highest BCUT2D eigenvalue weighted by molar-refractivity contribution is 5.78. The lowest BCUT2D eigenvalue weighted by Gasteiger charge is -2.17. The largest absolute Gasteiger partial charge is 0.441 e. The molecule has 2 rings (SSSR count). The zero-order valence-electron chi connectivity index (χ0n) is 13.4. The van der Waals surface area contributed by atoms with E-state index in [9.17, 15) is 9.90 Å². The molecule has 5 heteroatoms. The Morgan fingerprint density at radius 2 is 2.00 bits per heavy atom. The minimum Gasteiger partial charge on any atom is -0.441 e. The predicted molar refractivity (Wildman–Crippen MR) is 84.4 cm³/mol. The van der Waals surface area contributed by atoms with Gasteiger partial charge in [-0.15, -0.1) is 0 Å². The second kappa shape index (κ2) is 6.32. The molecule has 0 unspecified atom stereocenters. The van der Waals surface area contributed by atoms with Gasteiger partial charge in [-0.2, -0.15) is 0 Å². The first kappa shape index (κ1) is 16.2. The van der Waals surface area contributed by atoms with Gasteiger partial charge < -0.3 is 14.8 Å². The van der Waals surface area contributed by atoms with E-state index in [2.05, 4.69) is 10.3 Å². The summed E-state index contributed by atoms with van der Waals surface area (Å²) in [6.07, 6.45) is 0.136. The average Bonchev–Trinajstić information content (AvgIpc) is 2.77. The summed E-state index contributed by atoms with van der Waals surface area (Å²) in [5.41, 5.74) is 1.68. The van der Waals surface area contributed by atoms with Gasteiger partial charge in [0.05, 0.1) is 17.7 Å². The lowest BCUT2D eigenvalue weighted by atomic mass is 10.1. The van der Waals surface area contributed by atoms with Gasteiger partial charge in [-0.1, -0.05) is 18.2 Å². The Morgan fingerprint density at radius 3 is 2.64 bits per heavy atom. The van der Waals surface area contributed by atoms with Crippen LogP contribution in [0.1, 0.15) is 30.9 Å². The summed E-state index contributed by atoms with van der Waals surface area (Å²) >= 11 is 0. The van der Waals surface area contributed by atoms with E-state index in [-0.39, 0.29) is 18.9 Å². The second-order valence-electron chi connectivity index (χ2n) is 6.10. The van der Waals surface area contributed by atoms with Gasteiger partial charge in [0.2, 0.25) is 11.8 Å². The summed E-state index contributed by atoms with van der Waals surface area (Å²) in [6, 6.07) is 7.82. The number of hydrogen-bond acceptors (Lipinski definition) is 4. The Kier molecular flexibility index (Phi) is 4.66. The van der Waals surface area contributed by atoms with Crippen molar-refractivity contribution in [2.75, 3.05) is 6.54 Å². The van der Waals surface area contributed by atoms with E-state index in [1.54, 1.807) is 20.8 Å². The third-order valence-corrected chi connectivity index (χ3v) is 3.31. The van der Waals surface area contributed by atoms with Crippen molar-refractivity contribution >= 4 is 5.91 Å². The minimum atomic E-state index is -0.930. The summed E-state index contributed by atoms with van der Waals surface area (Å²) in [7, 11) is 0. The first-order chi connectivity index (χ1) is 10.3. The van der Waals surface area contributed by atoms with Gasteiger partial charge in [0.25, 0.3) is 0 Å². The average molecular weight is 302 g/mol. The number of carbonyl (C=O) groups excluding carboxylic acids is 1. The van der Waals surface area contributed by atoms with E-state index in [1.807, 2.05) is 31.2 Å². The van der Waals surface area contributed by atoms with Crippen LogP contribution in [0, 0.1) is 13.8 Å². The molecule has 0 bridgehead atoms. The van der Waals surface area contributed by atoms with Crippen molar-refractivity contribution in [1.82, 2.24) is 10.3 Å². The van der Waals surface area contributed by atoms with Gasteiger partial charge >= 0.3 is 0 Å². The molecule has 22 heavy (non-hydrogen) atoms. The number of nitrogens with one attached hydrogen (secondary N) is 1. The fourth-order valence-electron chi connectivity index (χ4n) is 2.05. The van der Waals surface area contributed by atoms with Crippen LogP contribution in [0.5, 0.6) is 0 Å².